The molecule has 114 valence electrons. The summed E-state index contributed by atoms with van der Waals surface area (Å²) < 4.78 is 4.64. The molecule has 0 aromatic carbocycles. The molecule has 0 saturated carbocycles. The van der Waals surface area contributed by atoms with Crippen molar-refractivity contribution in [1.82, 2.24) is 5.32 Å². The van der Waals surface area contributed by atoms with Crippen LogP contribution in [0.5, 0.6) is 0 Å². The number of aliphatic hydroxyl groups excluding tert-OH is 1. The van der Waals surface area contributed by atoms with Gasteiger partial charge in [-0.05, 0) is 12.3 Å². The quantitative estimate of drug-likeness (QED) is 0.434. The fourth-order valence-corrected chi connectivity index (χ4v) is 1.70. The van der Waals surface area contributed by atoms with E-state index in [1.807, 2.05) is 0 Å². The maximum Gasteiger partial charge on any atom is 0.328 e. The normalized spacial score (nSPS) is 16.7. The molecule has 0 aromatic heterocycles. The summed E-state index contributed by atoms with van der Waals surface area (Å²) in [5.41, 5.74) is 4.32. The van der Waals surface area contributed by atoms with Gasteiger partial charge in [-0.2, -0.15) is 0 Å². The Kier molecular flexibility index (Phi) is 7.17. The van der Waals surface area contributed by atoms with Gasteiger partial charge < -0.3 is 20.9 Å². The predicted molar refractivity (Wildman–Crippen MR) is 76.7 cm³/mol. The van der Waals surface area contributed by atoms with E-state index in [9.17, 15) is 14.7 Å². The summed E-state index contributed by atoms with van der Waals surface area (Å²) in [5, 5.41) is 12.4. The summed E-state index contributed by atoms with van der Waals surface area (Å²) >= 11 is 0. The molecule has 6 nitrogen and oxygen atoms in total. The molecular weight excluding hydrogens is 260 g/mol. The topological polar surface area (TPSA) is 102 Å². The fraction of sp³-hybridized carbons (Fsp3) is 0.571. The third kappa shape index (κ3) is 4.18. The average molecular weight is 284 g/mol. The number of carbonyl (C=O) groups excluding carboxylic acids is 2. The Hall–Kier alpha value is -1.66. The van der Waals surface area contributed by atoms with Gasteiger partial charge in [-0.3, -0.25) is 4.79 Å². The molecule has 0 saturated heterocycles. The van der Waals surface area contributed by atoms with E-state index in [-0.39, 0.29) is 12.3 Å². The average Bonchev–Trinajstić information content (AvgIpc) is 2.42. The second-order valence-electron chi connectivity index (χ2n) is 4.93. The Morgan fingerprint density at radius 3 is 2.35 bits per heavy atom. The van der Waals surface area contributed by atoms with Crippen molar-refractivity contribution in [3.8, 4) is 0 Å². The lowest BCUT2D eigenvalue weighted by Crippen LogP contribution is -2.63. The highest BCUT2D eigenvalue weighted by Gasteiger charge is 2.41. The van der Waals surface area contributed by atoms with Gasteiger partial charge in [0.25, 0.3) is 0 Å². The third-order valence-electron chi connectivity index (χ3n) is 3.06. The van der Waals surface area contributed by atoms with Crippen LogP contribution in [0.1, 0.15) is 20.3 Å². The molecule has 1 amide bonds. The van der Waals surface area contributed by atoms with Crippen LogP contribution in [-0.4, -0.2) is 41.8 Å². The Labute approximate surface area is 119 Å². The van der Waals surface area contributed by atoms with E-state index in [0.29, 0.717) is 0 Å². The van der Waals surface area contributed by atoms with Gasteiger partial charge in [0.15, 0.2) is 0 Å². The number of carbonyl (C=O) groups is 2. The molecule has 0 radical (unpaired) electrons. The van der Waals surface area contributed by atoms with Gasteiger partial charge in [-0.1, -0.05) is 26.0 Å². The molecule has 4 N–H and O–H groups in total. The first kappa shape index (κ1) is 18.3. The SMILES string of the molecule is C=CC[C@@](N)(C(=O)N[C@@H](C(=O)OC)C(C)C)C(O)C=C. The van der Waals surface area contributed by atoms with E-state index in [4.69, 9.17) is 5.73 Å². The Morgan fingerprint density at radius 1 is 1.45 bits per heavy atom. The molecule has 0 aliphatic heterocycles. The second-order valence-corrected chi connectivity index (χ2v) is 4.93. The van der Waals surface area contributed by atoms with E-state index in [1.54, 1.807) is 13.8 Å². The van der Waals surface area contributed by atoms with Crippen molar-refractivity contribution in [3.05, 3.63) is 25.3 Å². The standard InChI is InChI=1S/C14H24N2O4/c1-6-8-14(15,10(17)7-2)13(19)16-11(9(3)4)12(18)20-5/h6-7,9-11,17H,1-2,8,15H2,3-5H3,(H,16,19)/t10?,11-,14+/m1/s1. The van der Waals surface area contributed by atoms with Crippen molar-refractivity contribution in [2.24, 2.45) is 11.7 Å². The molecule has 0 rings (SSSR count). The van der Waals surface area contributed by atoms with Crippen LogP contribution in [0.4, 0.5) is 0 Å². The van der Waals surface area contributed by atoms with Crippen LogP contribution in [0.25, 0.3) is 0 Å². The highest BCUT2D eigenvalue weighted by atomic mass is 16.5. The molecule has 1 unspecified atom stereocenters. The Balaban J connectivity index is 5.22. The van der Waals surface area contributed by atoms with Crippen LogP contribution in [0.15, 0.2) is 25.3 Å². The molecule has 0 aromatic rings. The number of hydrogen-bond donors (Lipinski definition) is 3. The van der Waals surface area contributed by atoms with Gasteiger partial charge in [0.1, 0.15) is 11.6 Å². The number of hydrogen-bond acceptors (Lipinski definition) is 5. The smallest absolute Gasteiger partial charge is 0.328 e. The molecular formula is C14H24N2O4. The van der Waals surface area contributed by atoms with Gasteiger partial charge in [-0.15, -0.1) is 13.2 Å². The molecule has 0 fully saturated rings. The van der Waals surface area contributed by atoms with E-state index >= 15 is 0 Å². The van der Waals surface area contributed by atoms with Gasteiger partial charge in [-0.25, -0.2) is 4.79 Å². The first-order valence-electron chi connectivity index (χ1n) is 6.33. The Bertz CT molecular complexity index is 381. The number of rotatable bonds is 8. The fourth-order valence-electron chi connectivity index (χ4n) is 1.70. The molecule has 0 bridgehead atoms. The molecule has 6 heteroatoms. The summed E-state index contributed by atoms with van der Waals surface area (Å²) in [4.78, 5) is 23.9. The number of methoxy groups -OCH3 is 1. The highest BCUT2D eigenvalue weighted by Crippen LogP contribution is 2.16. The maximum atomic E-state index is 12.3. The lowest BCUT2D eigenvalue weighted by molar-refractivity contribution is -0.147. The van der Waals surface area contributed by atoms with Gasteiger partial charge in [0, 0.05) is 0 Å². The Morgan fingerprint density at radius 2 is 2.00 bits per heavy atom. The van der Waals surface area contributed by atoms with Gasteiger partial charge >= 0.3 is 5.97 Å². The monoisotopic (exact) mass is 284 g/mol. The van der Waals surface area contributed by atoms with E-state index in [0.717, 1.165) is 0 Å². The van der Waals surface area contributed by atoms with Crippen LogP contribution in [0.2, 0.25) is 0 Å². The van der Waals surface area contributed by atoms with E-state index in [2.05, 4.69) is 23.2 Å². The van der Waals surface area contributed by atoms with Crippen LogP contribution < -0.4 is 11.1 Å². The second kappa shape index (κ2) is 7.81. The zero-order valence-electron chi connectivity index (χ0n) is 12.3. The number of esters is 1. The summed E-state index contributed by atoms with van der Waals surface area (Å²) in [6, 6.07) is -0.836. The molecule has 0 spiro atoms. The van der Waals surface area contributed by atoms with Crippen LogP contribution >= 0.6 is 0 Å². The lowest BCUT2D eigenvalue weighted by atomic mass is 9.87. The number of nitrogens with one attached hydrogen (secondary N) is 1. The van der Waals surface area contributed by atoms with Crippen LogP contribution in [0.3, 0.4) is 0 Å². The predicted octanol–water partition coefficient (Wildman–Crippen LogP) is 0.121. The van der Waals surface area contributed by atoms with E-state index in [1.165, 1.54) is 19.3 Å². The molecule has 0 heterocycles. The first-order valence-corrected chi connectivity index (χ1v) is 6.33. The number of ether oxygens (including phenoxy) is 1. The zero-order valence-corrected chi connectivity index (χ0v) is 12.3. The zero-order chi connectivity index (χ0) is 15.9. The van der Waals surface area contributed by atoms with Crippen molar-refractivity contribution in [1.29, 1.82) is 0 Å². The summed E-state index contributed by atoms with van der Waals surface area (Å²) in [6.45, 7) is 10.5. The highest BCUT2D eigenvalue weighted by molar-refractivity contribution is 5.91. The largest absolute Gasteiger partial charge is 0.467 e. The minimum Gasteiger partial charge on any atom is -0.467 e. The first-order chi connectivity index (χ1) is 9.24. The number of aliphatic hydroxyl groups is 1. The molecule has 0 aliphatic carbocycles. The number of amides is 1. The minimum atomic E-state index is -1.62. The van der Waals surface area contributed by atoms with Crippen molar-refractivity contribution in [2.45, 2.75) is 38.0 Å². The van der Waals surface area contributed by atoms with Crippen molar-refractivity contribution >= 4 is 11.9 Å². The van der Waals surface area contributed by atoms with Crippen LogP contribution in [-0.2, 0) is 14.3 Å². The minimum absolute atomic E-state index is 0.0397. The van der Waals surface area contributed by atoms with Crippen molar-refractivity contribution in [3.63, 3.8) is 0 Å². The van der Waals surface area contributed by atoms with E-state index < -0.39 is 29.6 Å². The molecule has 20 heavy (non-hydrogen) atoms. The molecule has 3 atom stereocenters. The third-order valence-corrected chi connectivity index (χ3v) is 3.06. The maximum absolute atomic E-state index is 12.3. The van der Waals surface area contributed by atoms with Crippen molar-refractivity contribution < 1.29 is 19.4 Å². The van der Waals surface area contributed by atoms with Gasteiger partial charge in [0.2, 0.25) is 5.91 Å². The van der Waals surface area contributed by atoms with Gasteiger partial charge in [0.05, 0.1) is 13.2 Å². The van der Waals surface area contributed by atoms with Crippen LogP contribution in [0, 0.1) is 5.92 Å². The lowest BCUT2D eigenvalue weighted by Gasteiger charge is -2.32. The number of nitrogens with two attached hydrogens (primary N) is 1. The van der Waals surface area contributed by atoms with Crippen molar-refractivity contribution in [2.75, 3.05) is 7.11 Å². The summed E-state index contributed by atoms with van der Waals surface area (Å²) in [7, 11) is 1.24. The molecule has 0 aliphatic rings. The summed E-state index contributed by atoms with van der Waals surface area (Å²) in [5.74, 6) is -1.41. The summed E-state index contributed by atoms with van der Waals surface area (Å²) in [6.07, 6.45) is 1.38.